The Bertz CT molecular complexity index is 1610. The molecule has 0 saturated carbocycles. The van der Waals surface area contributed by atoms with Gasteiger partial charge in [0.25, 0.3) is 11.8 Å². The van der Waals surface area contributed by atoms with Gasteiger partial charge in [-0.3, -0.25) is 19.3 Å². The molecule has 1 saturated heterocycles. The molecule has 0 radical (unpaired) electrons. The fourth-order valence-electron chi connectivity index (χ4n) is 4.54. The van der Waals surface area contributed by atoms with Crippen molar-refractivity contribution < 1.29 is 34.5 Å². The molecule has 16 heteroatoms. The van der Waals surface area contributed by atoms with Gasteiger partial charge >= 0.3 is 5.97 Å². The summed E-state index contributed by atoms with van der Waals surface area (Å²) in [5.74, 6) is -3.10. The van der Waals surface area contributed by atoms with Crippen LogP contribution in [0.4, 0.5) is 0 Å². The van der Waals surface area contributed by atoms with Crippen LogP contribution in [0.15, 0.2) is 58.9 Å². The molecule has 5 rings (SSSR count). The first-order valence-corrected chi connectivity index (χ1v) is 14.5. The molecule has 42 heavy (non-hydrogen) atoms. The monoisotopic (exact) mass is 611 g/mol. The van der Waals surface area contributed by atoms with Crippen molar-refractivity contribution in [2.45, 2.75) is 29.5 Å². The van der Waals surface area contributed by atoms with Gasteiger partial charge in [-0.15, -0.1) is 16.9 Å². The fourth-order valence-corrected chi connectivity index (χ4v) is 6.87. The highest BCUT2D eigenvalue weighted by atomic mass is 32.2. The van der Waals surface area contributed by atoms with Gasteiger partial charge in [0.2, 0.25) is 11.1 Å². The second kappa shape index (κ2) is 11.7. The lowest BCUT2D eigenvalue weighted by Gasteiger charge is -2.49. The number of phenolic OH excluding ortho intramolecular Hbond substituents is 2. The summed E-state index contributed by atoms with van der Waals surface area (Å²) in [6.07, 6.45) is 0. The molecule has 3 unspecified atom stereocenters. The Hall–Kier alpha value is -4.57. The summed E-state index contributed by atoms with van der Waals surface area (Å²) in [6, 6.07) is 7.72. The first kappa shape index (κ1) is 28.9. The zero-order valence-corrected chi connectivity index (χ0v) is 23.8. The van der Waals surface area contributed by atoms with Crippen LogP contribution < -0.4 is 10.6 Å². The van der Waals surface area contributed by atoms with E-state index in [-0.39, 0.29) is 28.5 Å². The van der Waals surface area contributed by atoms with E-state index in [9.17, 15) is 34.5 Å². The Kier molecular flexibility index (Phi) is 8.08. The number of nitrogens with one attached hydrogen (secondary N) is 2. The predicted molar refractivity (Wildman–Crippen MR) is 150 cm³/mol. The number of rotatable bonds is 9. The lowest BCUT2D eigenvalue weighted by Crippen LogP contribution is -2.71. The van der Waals surface area contributed by atoms with E-state index in [1.165, 1.54) is 64.6 Å². The molecule has 2 aliphatic heterocycles. The van der Waals surface area contributed by atoms with Gasteiger partial charge < -0.3 is 26.0 Å². The first-order valence-electron chi connectivity index (χ1n) is 12.5. The van der Waals surface area contributed by atoms with Crippen LogP contribution in [0.5, 0.6) is 11.5 Å². The number of aliphatic carboxylic acids is 1. The van der Waals surface area contributed by atoms with Crippen molar-refractivity contribution in [3.05, 3.63) is 70.4 Å². The molecular formula is C26H25N7O7S2. The Morgan fingerprint density at radius 2 is 1.90 bits per heavy atom. The topological polar surface area (TPSA) is 200 Å². The molecule has 1 aromatic heterocycles. The molecule has 2 aromatic carbocycles. The molecule has 3 heterocycles. The van der Waals surface area contributed by atoms with Crippen molar-refractivity contribution in [3.8, 4) is 11.5 Å². The highest BCUT2D eigenvalue weighted by Gasteiger charge is 2.54. The number of β-lactam (4-membered cyclic amide) rings is 1. The molecule has 3 atom stereocenters. The summed E-state index contributed by atoms with van der Waals surface area (Å²) in [6.45, 7) is 1.75. The number of amides is 3. The van der Waals surface area contributed by atoms with Crippen molar-refractivity contribution in [1.29, 1.82) is 0 Å². The minimum absolute atomic E-state index is 0.0512. The van der Waals surface area contributed by atoms with Crippen LogP contribution in [0.2, 0.25) is 0 Å². The van der Waals surface area contributed by atoms with Gasteiger partial charge in [-0.1, -0.05) is 30.0 Å². The molecule has 3 amide bonds. The number of hydrogen-bond donors (Lipinski definition) is 5. The van der Waals surface area contributed by atoms with E-state index < -0.39 is 41.1 Å². The maximum atomic E-state index is 13.5. The summed E-state index contributed by atoms with van der Waals surface area (Å²) in [5, 5.41) is 46.2. The summed E-state index contributed by atoms with van der Waals surface area (Å²) < 4.78 is 1.45. The third-order valence-electron chi connectivity index (χ3n) is 6.67. The summed E-state index contributed by atoms with van der Waals surface area (Å²) in [5.41, 5.74) is 1.37. The summed E-state index contributed by atoms with van der Waals surface area (Å²) in [4.78, 5) is 53.1. The number of carboxylic acids is 1. The van der Waals surface area contributed by atoms with E-state index in [4.69, 9.17) is 0 Å². The van der Waals surface area contributed by atoms with E-state index in [2.05, 4.69) is 26.2 Å². The van der Waals surface area contributed by atoms with Crippen molar-refractivity contribution >= 4 is 47.2 Å². The van der Waals surface area contributed by atoms with Crippen LogP contribution in [0.3, 0.4) is 0 Å². The van der Waals surface area contributed by atoms with Gasteiger partial charge in [-0.2, -0.15) is 0 Å². The molecule has 0 bridgehead atoms. The Morgan fingerprint density at radius 3 is 2.55 bits per heavy atom. The van der Waals surface area contributed by atoms with Crippen LogP contribution in [0.1, 0.15) is 27.5 Å². The minimum Gasteiger partial charge on any atom is -0.508 e. The molecular weight excluding hydrogens is 586 g/mol. The minimum atomic E-state index is -1.30. The SMILES string of the molecule is Cc1ccc(C(=O)NC(C(=O)NC2C(=O)N3C(C(=O)O)=C(CSc4nnnn4C)CSC23)c2ccc(O)cc2)c(O)c1. The zero-order chi connectivity index (χ0) is 30.1. The van der Waals surface area contributed by atoms with Gasteiger partial charge in [-0.25, -0.2) is 9.48 Å². The Balaban J connectivity index is 1.34. The van der Waals surface area contributed by atoms with E-state index >= 15 is 0 Å². The molecule has 0 aliphatic carbocycles. The Morgan fingerprint density at radius 1 is 1.17 bits per heavy atom. The van der Waals surface area contributed by atoms with Gasteiger partial charge in [0.05, 0.1) is 5.56 Å². The zero-order valence-electron chi connectivity index (χ0n) is 22.2. The standard InChI is InChI=1S/C26H25N7O7S2/c1-12-3-8-16(17(35)9-12)21(36)27-18(13-4-6-15(34)7-5-13)22(37)28-19-23(38)33-20(25(39)40)14(10-41-24(19)33)11-42-26-29-30-31-32(26)2/h3-9,18-19,24,34-35H,10-11H2,1-2H3,(H,27,36)(H,28,37)(H,39,40). The average molecular weight is 612 g/mol. The number of benzene rings is 2. The van der Waals surface area contributed by atoms with E-state index in [0.717, 1.165) is 10.5 Å². The molecule has 0 spiro atoms. The van der Waals surface area contributed by atoms with Crippen LogP contribution in [-0.4, -0.2) is 87.0 Å². The second-order valence-corrected chi connectivity index (χ2v) is 11.6. The number of hydrogen-bond acceptors (Lipinski definition) is 11. The number of fused-ring (bicyclic) bond motifs is 1. The predicted octanol–water partition coefficient (Wildman–Crippen LogP) is 0.932. The van der Waals surface area contributed by atoms with E-state index in [1.807, 2.05) is 0 Å². The third kappa shape index (κ3) is 5.62. The molecule has 5 N–H and O–H groups in total. The molecule has 2 aliphatic rings. The number of carboxylic acid groups (broad SMARTS) is 1. The van der Waals surface area contributed by atoms with Crippen LogP contribution in [-0.2, 0) is 21.4 Å². The van der Waals surface area contributed by atoms with Gasteiger partial charge in [-0.05, 0) is 58.3 Å². The number of phenols is 2. The lowest BCUT2D eigenvalue weighted by molar-refractivity contribution is -0.151. The molecule has 218 valence electrons. The largest absolute Gasteiger partial charge is 0.508 e. The highest BCUT2D eigenvalue weighted by molar-refractivity contribution is 8.01. The number of aromatic hydroxyl groups is 2. The number of aryl methyl sites for hydroxylation is 2. The van der Waals surface area contributed by atoms with Crippen molar-refractivity contribution in [2.24, 2.45) is 7.05 Å². The first-order chi connectivity index (χ1) is 20.0. The van der Waals surface area contributed by atoms with Crippen molar-refractivity contribution in [2.75, 3.05) is 11.5 Å². The van der Waals surface area contributed by atoms with E-state index in [0.29, 0.717) is 22.0 Å². The number of tetrazole rings is 1. The van der Waals surface area contributed by atoms with Crippen LogP contribution >= 0.6 is 23.5 Å². The number of thioether (sulfide) groups is 2. The average Bonchev–Trinajstić information content (AvgIpc) is 3.37. The molecule has 1 fully saturated rings. The third-order valence-corrected chi connectivity index (χ3v) is 9.10. The Labute approximate surface area is 247 Å². The maximum absolute atomic E-state index is 13.5. The summed E-state index contributed by atoms with van der Waals surface area (Å²) >= 11 is 2.54. The smallest absolute Gasteiger partial charge is 0.352 e. The van der Waals surface area contributed by atoms with Gasteiger partial charge in [0.1, 0.15) is 34.7 Å². The highest BCUT2D eigenvalue weighted by Crippen LogP contribution is 2.41. The second-order valence-electron chi connectivity index (χ2n) is 9.55. The van der Waals surface area contributed by atoms with Crippen LogP contribution in [0.25, 0.3) is 0 Å². The fraction of sp³-hybridized carbons (Fsp3) is 0.269. The van der Waals surface area contributed by atoms with Crippen molar-refractivity contribution in [3.63, 3.8) is 0 Å². The molecule has 14 nitrogen and oxygen atoms in total. The van der Waals surface area contributed by atoms with Crippen molar-refractivity contribution in [1.82, 2.24) is 35.7 Å². The quantitative estimate of drug-likeness (QED) is 0.170. The lowest BCUT2D eigenvalue weighted by atomic mass is 10.0. The van der Waals surface area contributed by atoms with Gasteiger partial charge in [0, 0.05) is 18.6 Å². The number of carbonyl (C=O) groups is 4. The number of aromatic nitrogens is 4. The van der Waals surface area contributed by atoms with E-state index in [1.54, 1.807) is 20.0 Å². The van der Waals surface area contributed by atoms with Crippen LogP contribution in [0, 0.1) is 6.92 Å². The summed E-state index contributed by atoms with van der Waals surface area (Å²) in [7, 11) is 1.66. The van der Waals surface area contributed by atoms with Gasteiger partial charge in [0.15, 0.2) is 0 Å². The number of nitrogens with zero attached hydrogens (tertiary/aromatic N) is 5. The molecule has 3 aromatic rings. The number of carbonyl (C=O) groups excluding carboxylic acids is 3. The maximum Gasteiger partial charge on any atom is 0.352 e. The normalized spacial score (nSPS) is 18.6.